The molecule has 2 heteroatoms. The number of ether oxygens (including phenoxy) is 1. The van der Waals surface area contributed by atoms with Crippen LogP contribution in [0.2, 0.25) is 0 Å². The van der Waals surface area contributed by atoms with Gasteiger partial charge < -0.3 is 9.84 Å². The van der Waals surface area contributed by atoms with Crippen LogP contribution in [-0.2, 0) is 4.74 Å². The van der Waals surface area contributed by atoms with E-state index in [2.05, 4.69) is 19.6 Å². The molecule has 0 aliphatic heterocycles. The van der Waals surface area contributed by atoms with Crippen LogP contribution >= 0.6 is 0 Å². The molecule has 0 saturated heterocycles. The Balaban J connectivity index is 1.62. The van der Waals surface area contributed by atoms with Crippen molar-refractivity contribution in [3.05, 3.63) is 24.3 Å². The van der Waals surface area contributed by atoms with Crippen LogP contribution in [-0.4, -0.2) is 18.0 Å². The van der Waals surface area contributed by atoms with Crippen molar-refractivity contribution in [2.24, 2.45) is 23.2 Å². The fraction of sp³-hybridized carbons (Fsp3) is 0.750. The van der Waals surface area contributed by atoms with E-state index in [0.29, 0.717) is 6.61 Å². The third-order valence-electron chi connectivity index (χ3n) is 5.22. The van der Waals surface area contributed by atoms with Gasteiger partial charge in [0, 0.05) is 0 Å². The molecular formula is C16H24O2. The molecule has 1 N–H and O–H groups in total. The zero-order valence-electron chi connectivity index (χ0n) is 11.3. The Labute approximate surface area is 110 Å². The molecule has 3 aliphatic rings. The van der Waals surface area contributed by atoms with Gasteiger partial charge in [-0.05, 0) is 61.3 Å². The molecule has 0 radical (unpaired) electrons. The highest BCUT2D eigenvalue weighted by molar-refractivity contribution is 5.26. The smallest absolute Gasteiger partial charge is 0.173 e. The molecule has 2 fully saturated rings. The van der Waals surface area contributed by atoms with Gasteiger partial charge in [-0.2, -0.15) is 0 Å². The summed E-state index contributed by atoms with van der Waals surface area (Å²) in [6.07, 6.45) is 9.72. The summed E-state index contributed by atoms with van der Waals surface area (Å²) < 4.78 is 5.34. The topological polar surface area (TPSA) is 29.5 Å². The minimum atomic E-state index is -0.809. The molecule has 0 heterocycles. The normalized spacial score (nSPS) is 42.8. The summed E-state index contributed by atoms with van der Waals surface area (Å²) in [6.45, 7) is 6.50. The van der Waals surface area contributed by atoms with Crippen LogP contribution in [0.3, 0.4) is 0 Å². The van der Waals surface area contributed by atoms with Crippen LogP contribution in [0.4, 0.5) is 0 Å². The third-order valence-corrected chi connectivity index (χ3v) is 5.22. The van der Waals surface area contributed by atoms with E-state index in [1.165, 1.54) is 31.8 Å². The lowest BCUT2D eigenvalue weighted by Crippen LogP contribution is -2.28. The lowest BCUT2D eigenvalue weighted by atomic mass is 9.67. The average molecular weight is 248 g/mol. The summed E-state index contributed by atoms with van der Waals surface area (Å²) in [6, 6.07) is 0. The van der Waals surface area contributed by atoms with Crippen molar-refractivity contribution in [3.63, 3.8) is 0 Å². The number of aliphatic hydroxyl groups excluding tert-OH is 1. The van der Waals surface area contributed by atoms with Gasteiger partial charge in [-0.25, -0.2) is 0 Å². The van der Waals surface area contributed by atoms with Crippen LogP contribution < -0.4 is 0 Å². The molecule has 0 aromatic carbocycles. The Bertz CT molecular complexity index is 373. The van der Waals surface area contributed by atoms with E-state index in [-0.39, 0.29) is 5.41 Å². The minimum Gasteiger partial charge on any atom is -0.365 e. The minimum absolute atomic E-state index is 0.279. The maximum Gasteiger partial charge on any atom is 0.173 e. The second-order valence-electron chi connectivity index (χ2n) is 6.73. The maximum absolute atomic E-state index is 9.34. The van der Waals surface area contributed by atoms with Gasteiger partial charge in [0.15, 0.2) is 6.29 Å². The Morgan fingerprint density at radius 1 is 1.61 bits per heavy atom. The summed E-state index contributed by atoms with van der Waals surface area (Å²) in [5.74, 6) is 2.87. The first-order chi connectivity index (χ1) is 8.59. The molecule has 18 heavy (non-hydrogen) atoms. The summed E-state index contributed by atoms with van der Waals surface area (Å²) in [7, 11) is 0. The van der Waals surface area contributed by atoms with Gasteiger partial charge in [-0.3, -0.25) is 0 Å². The van der Waals surface area contributed by atoms with Gasteiger partial charge in [-0.1, -0.05) is 25.2 Å². The quantitative estimate of drug-likeness (QED) is 0.597. The van der Waals surface area contributed by atoms with Gasteiger partial charge >= 0.3 is 0 Å². The Kier molecular flexibility index (Phi) is 3.11. The Morgan fingerprint density at radius 3 is 3.22 bits per heavy atom. The SMILES string of the molecule is C=CC(O)OCCC1(C)C=C2CC3CC(CC23)C1. The third kappa shape index (κ3) is 2.17. The monoisotopic (exact) mass is 248 g/mol. The number of hydrogen-bond donors (Lipinski definition) is 1. The molecule has 5 atom stereocenters. The van der Waals surface area contributed by atoms with Gasteiger partial charge in [0.1, 0.15) is 0 Å². The average Bonchev–Trinajstić information content (AvgIpc) is 2.56. The van der Waals surface area contributed by atoms with Crippen molar-refractivity contribution in [3.8, 4) is 0 Å². The van der Waals surface area contributed by atoms with Gasteiger partial charge in [0.05, 0.1) is 6.61 Å². The fourth-order valence-corrected chi connectivity index (χ4v) is 4.37. The summed E-state index contributed by atoms with van der Waals surface area (Å²) in [5, 5.41) is 9.34. The second kappa shape index (κ2) is 4.50. The van der Waals surface area contributed by atoms with Crippen molar-refractivity contribution in [2.45, 2.75) is 45.3 Å². The van der Waals surface area contributed by atoms with E-state index in [0.717, 1.165) is 24.2 Å². The lowest BCUT2D eigenvalue weighted by Gasteiger charge is -2.38. The summed E-state index contributed by atoms with van der Waals surface area (Å²) >= 11 is 0. The molecule has 2 saturated carbocycles. The summed E-state index contributed by atoms with van der Waals surface area (Å²) in [4.78, 5) is 0. The summed E-state index contributed by atoms with van der Waals surface area (Å²) in [5.41, 5.74) is 1.99. The van der Waals surface area contributed by atoms with E-state index in [1.54, 1.807) is 5.57 Å². The largest absolute Gasteiger partial charge is 0.365 e. The Morgan fingerprint density at radius 2 is 2.44 bits per heavy atom. The first-order valence-electron chi connectivity index (χ1n) is 7.23. The van der Waals surface area contributed by atoms with Crippen molar-refractivity contribution in [1.82, 2.24) is 0 Å². The number of hydrogen-bond acceptors (Lipinski definition) is 2. The number of fused-ring (bicyclic) bond motifs is 1. The molecule has 0 spiro atoms. The molecule has 3 rings (SSSR count). The fourth-order valence-electron chi connectivity index (χ4n) is 4.37. The van der Waals surface area contributed by atoms with Gasteiger partial charge in [0.25, 0.3) is 0 Å². The first kappa shape index (κ1) is 12.4. The van der Waals surface area contributed by atoms with Crippen LogP contribution in [0.25, 0.3) is 0 Å². The van der Waals surface area contributed by atoms with E-state index in [1.807, 2.05) is 0 Å². The molecule has 0 aromatic rings. The molecule has 2 bridgehead atoms. The predicted molar refractivity (Wildman–Crippen MR) is 71.9 cm³/mol. The highest BCUT2D eigenvalue weighted by atomic mass is 16.6. The molecule has 5 unspecified atom stereocenters. The predicted octanol–water partition coefficient (Wildman–Crippen LogP) is 3.28. The van der Waals surface area contributed by atoms with Crippen molar-refractivity contribution < 1.29 is 9.84 Å². The van der Waals surface area contributed by atoms with Gasteiger partial charge in [-0.15, -0.1) is 0 Å². The van der Waals surface area contributed by atoms with E-state index < -0.39 is 6.29 Å². The highest BCUT2D eigenvalue weighted by Gasteiger charge is 2.48. The van der Waals surface area contributed by atoms with Crippen molar-refractivity contribution in [1.29, 1.82) is 0 Å². The number of allylic oxidation sites excluding steroid dienone is 2. The second-order valence-corrected chi connectivity index (χ2v) is 6.73. The standard InChI is InChI=1S/C16H24O2/c1-3-15(17)18-5-4-16(2)9-11-6-12-8-13(10-16)14(12)7-11/h3,10-12,14-15,17H,1,4-9H2,2H3. The van der Waals surface area contributed by atoms with E-state index in [9.17, 15) is 5.11 Å². The first-order valence-corrected chi connectivity index (χ1v) is 7.23. The molecular weight excluding hydrogens is 224 g/mol. The van der Waals surface area contributed by atoms with Crippen LogP contribution in [0.15, 0.2) is 24.3 Å². The molecule has 2 nitrogen and oxygen atoms in total. The van der Waals surface area contributed by atoms with E-state index in [4.69, 9.17) is 4.74 Å². The van der Waals surface area contributed by atoms with Crippen LogP contribution in [0.1, 0.15) is 39.0 Å². The maximum atomic E-state index is 9.34. The van der Waals surface area contributed by atoms with Crippen molar-refractivity contribution in [2.75, 3.05) is 6.61 Å². The van der Waals surface area contributed by atoms with E-state index >= 15 is 0 Å². The van der Waals surface area contributed by atoms with Crippen LogP contribution in [0, 0.1) is 23.2 Å². The lowest BCUT2D eigenvalue weighted by molar-refractivity contribution is -0.0705. The highest BCUT2D eigenvalue weighted by Crippen LogP contribution is 2.59. The molecule has 0 amide bonds. The molecule has 0 aromatic heterocycles. The number of aliphatic hydroxyl groups is 1. The van der Waals surface area contributed by atoms with Crippen molar-refractivity contribution >= 4 is 0 Å². The zero-order valence-corrected chi connectivity index (χ0v) is 11.3. The zero-order chi connectivity index (χ0) is 12.8. The van der Waals surface area contributed by atoms with Crippen LogP contribution in [0.5, 0.6) is 0 Å². The molecule has 100 valence electrons. The molecule has 3 aliphatic carbocycles. The Hall–Kier alpha value is -0.600. The number of rotatable bonds is 5. The van der Waals surface area contributed by atoms with Gasteiger partial charge in [0.2, 0.25) is 0 Å².